The number of nitrogens with zero attached hydrogens (tertiary/aromatic N) is 3. The summed E-state index contributed by atoms with van der Waals surface area (Å²) in [6, 6.07) is -3.94. The van der Waals surface area contributed by atoms with Crippen LogP contribution in [0.2, 0.25) is 0 Å². The highest BCUT2D eigenvalue weighted by molar-refractivity contribution is 6.38. The number of Topliss-reactive ketones (excluding diaryl/α,β-unsaturated/α-hetero) is 1. The molecule has 5 amide bonds. The Labute approximate surface area is 283 Å². The van der Waals surface area contributed by atoms with Gasteiger partial charge in [-0.25, -0.2) is 4.98 Å². The first-order valence-corrected chi connectivity index (χ1v) is 17.5. The van der Waals surface area contributed by atoms with Gasteiger partial charge in [0.15, 0.2) is 0 Å². The lowest BCUT2D eigenvalue weighted by atomic mass is 9.85. The van der Waals surface area contributed by atoms with Crippen molar-refractivity contribution < 1.29 is 28.8 Å². The van der Waals surface area contributed by atoms with Crippen LogP contribution in [0.5, 0.6) is 0 Å². The van der Waals surface area contributed by atoms with Crippen molar-refractivity contribution in [1.82, 2.24) is 36.1 Å². The first-order valence-electron chi connectivity index (χ1n) is 17.5. The number of likely N-dealkylation sites (tertiary alicyclic amines) is 1. The molecule has 13 heteroatoms. The zero-order valence-electron chi connectivity index (χ0n) is 29.4. The van der Waals surface area contributed by atoms with Crippen LogP contribution >= 0.6 is 0 Å². The van der Waals surface area contributed by atoms with Crippen LogP contribution < -0.4 is 21.3 Å². The zero-order chi connectivity index (χ0) is 35.3. The maximum atomic E-state index is 14.4. The lowest BCUT2D eigenvalue weighted by Gasteiger charge is -2.37. The fourth-order valence-electron chi connectivity index (χ4n) is 7.05. The number of carbonyl (C=O) groups is 6. The Bertz CT molecular complexity index is 1360. The minimum atomic E-state index is -1.02. The van der Waals surface area contributed by atoms with Crippen molar-refractivity contribution in [2.24, 2.45) is 29.1 Å². The van der Waals surface area contributed by atoms with Crippen LogP contribution in [0, 0.1) is 29.1 Å². The quantitative estimate of drug-likeness (QED) is 0.218. The van der Waals surface area contributed by atoms with Crippen molar-refractivity contribution in [3.05, 3.63) is 24.3 Å². The number of fused-ring (bicyclic) bond motifs is 1. The summed E-state index contributed by atoms with van der Waals surface area (Å²) < 4.78 is 0. The first kappa shape index (κ1) is 36.9. The normalized spacial score (nSPS) is 23.0. The molecule has 3 aliphatic rings. The van der Waals surface area contributed by atoms with E-state index in [0.717, 1.165) is 32.1 Å². The molecule has 0 aromatic carbocycles. The monoisotopic (exact) mass is 667 g/mol. The number of carbonyl (C=O) groups excluding carboxylic acids is 6. The number of amides is 5. The third-order valence-corrected chi connectivity index (χ3v) is 10.00. The molecule has 2 heterocycles. The van der Waals surface area contributed by atoms with Crippen LogP contribution in [0.3, 0.4) is 0 Å². The molecule has 4 rings (SSSR count). The molecule has 2 aliphatic carbocycles. The average Bonchev–Trinajstić information content (AvgIpc) is 3.69. The number of nitrogens with one attached hydrogen (secondary N) is 4. The van der Waals surface area contributed by atoms with E-state index in [1.165, 1.54) is 18.6 Å². The van der Waals surface area contributed by atoms with Crippen molar-refractivity contribution >= 4 is 35.3 Å². The van der Waals surface area contributed by atoms with E-state index in [2.05, 4.69) is 31.2 Å². The number of hydrogen-bond donors (Lipinski definition) is 4. The van der Waals surface area contributed by atoms with E-state index in [0.29, 0.717) is 25.3 Å². The second-order valence-electron chi connectivity index (χ2n) is 15.2. The molecule has 48 heavy (non-hydrogen) atoms. The molecular formula is C35H53N7O6. The molecular weight excluding hydrogens is 614 g/mol. The number of rotatable bonds is 14. The van der Waals surface area contributed by atoms with Gasteiger partial charge in [-0.15, -0.1) is 0 Å². The molecule has 2 saturated carbocycles. The maximum Gasteiger partial charge on any atom is 0.289 e. The van der Waals surface area contributed by atoms with E-state index >= 15 is 0 Å². The molecule has 4 N–H and O–H groups in total. The van der Waals surface area contributed by atoms with Gasteiger partial charge in [0, 0.05) is 25.0 Å². The highest BCUT2D eigenvalue weighted by Crippen LogP contribution is 2.43. The Kier molecular flexibility index (Phi) is 12.0. The van der Waals surface area contributed by atoms with Crippen molar-refractivity contribution in [3.63, 3.8) is 0 Å². The smallest absolute Gasteiger partial charge is 0.289 e. The van der Waals surface area contributed by atoms with E-state index in [-0.39, 0.29) is 29.5 Å². The van der Waals surface area contributed by atoms with Gasteiger partial charge in [0.05, 0.1) is 12.2 Å². The predicted octanol–water partition coefficient (Wildman–Crippen LogP) is 2.16. The van der Waals surface area contributed by atoms with E-state index in [9.17, 15) is 28.8 Å². The van der Waals surface area contributed by atoms with Crippen molar-refractivity contribution in [2.75, 3.05) is 6.54 Å². The van der Waals surface area contributed by atoms with Gasteiger partial charge in [-0.2, -0.15) is 0 Å². The van der Waals surface area contributed by atoms with Crippen LogP contribution in [-0.2, 0) is 24.0 Å². The molecule has 0 radical (unpaired) electrons. The fourth-order valence-corrected chi connectivity index (χ4v) is 7.05. The highest BCUT2D eigenvalue weighted by atomic mass is 16.2. The first-order chi connectivity index (χ1) is 22.6. The number of ketones is 1. The van der Waals surface area contributed by atoms with Crippen molar-refractivity contribution in [1.29, 1.82) is 0 Å². The molecule has 1 saturated heterocycles. The Morgan fingerprint density at radius 2 is 1.65 bits per heavy atom. The van der Waals surface area contributed by atoms with E-state index in [1.54, 1.807) is 18.7 Å². The van der Waals surface area contributed by atoms with Gasteiger partial charge in [0.1, 0.15) is 23.8 Å². The maximum absolute atomic E-state index is 14.4. The summed E-state index contributed by atoms with van der Waals surface area (Å²) in [7, 11) is 0. The molecule has 264 valence electrons. The summed E-state index contributed by atoms with van der Waals surface area (Å²) in [5.41, 5.74) is -0.689. The second-order valence-corrected chi connectivity index (χ2v) is 15.2. The van der Waals surface area contributed by atoms with Gasteiger partial charge < -0.3 is 26.2 Å². The third kappa shape index (κ3) is 8.76. The molecule has 0 bridgehead atoms. The van der Waals surface area contributed by atoms with Crippen LogP contribution in [0.25, 0.3) is 0 Å². The lowest BCUT2D eigenvalue weighted by molar-refractivity contribution is -0.146. The summed E-state index contributed by atoms with van der Waals surface area (Å²) in [5, 5.41) is 11.3. The minimum Gasteiger partial charge on any atom is -0.347 e. The molecule has 1 aromatic heterocycles. The van der Waals surface area contributed by atoms with Gasteiger partial charge in [0.25, 0.3) is 11.8 Å². The molecule has 7 atom stereocenters. The molecule has 1 aliphatic heterocycles. The van der Waals surface area contributed by atoms with E-state index in [4.69, 9.17) is 0 Å². The van der Waals surface area contributed by atoms with Gasteiger partial charge in [-0.3, -0.25) is 33.8 Å². The standard InChI is InChI=1S/C35H53N7O6/c1-8-10-24(28(43)33(47)38-20(4)21-13-14-21)39-32(46)27-23-12-9-11-22(23)18-42(27)34(48)29(35(5,6)7)41-31(45)26(19(2)3)40-30(44)25-17-36-15-16-37-25/h15-17,19-24,26-27,29H,8-14,18H2,1-7H3,(H,38,47)(H,39,46)(H,40,44)(H,41,45)/t20-,22-,23-,24?,26+,27-,29+/m0/s1. The van der Waals surface area contributed by atoms with Crippen LogP contribution in [0.15, 0.2) is 18.6 Å². The molecule has 1 unspecified atom stereocenters. The summed E-state index contributed by atoms with van der Waals surface area (Å²) in [4.78, 5) is 90.7. The van der Waals surface area contributed by atoms with Crippen LogP contribution in [-0.4, -0.2) is 86.9 Å². The Morgan fingerprint density at radius 3 is 2.23 bits per heavy atom. The third-order valence-electron chi connectivity index (χ3n) is 10.00. The fraction of sp³-hybridized carbons (Fsp3) is 0.714. The molecule has 1 aromatic rings. The van der Waals surface area contributed by atoms with E-state index in [1.807, 2.05) is 34.6 Å². The largest absolute Gasteiger partial charge is 0.347 e. The molecule has 13 nitrogen and oxygen atoms in total. The molecule has 0 spiro atoms. The van der Waals surface area contributed by atoms with Gasteiger partial charge >= 0.3 is 0 Å². The van der Waals surface area contributed by atoms with Gasteiger partial charge in [0.2, 0.25) is 23.5 Å². The second kappa shape index (κ2) is 15.5. The number of hydrogen-bond acceptors (Lipinski definition) is 8. The topological polar surface area (TPSA) is 180 Å². The van der Waals surface area contributed by atoms with Crippen LogP contribution in [0.1, 0.15) is 104 Å². The van der Waals surface area contributed by atoms with Gasteiger partial charge in [-0.05, 0) is 68.1 Å². The summed E-state index contributed by atoms with van der Waals surface area (Å²) in [5.74, 6) is -3.26. The SMILES string of the molecule is CCCC(NC(=O)[C@@H]1[C@H]2CCC[C@H]2CN1C(=O)[C@@H](NC(=O)[C@H](NC(=O)c1cnccn1)C(C)C)C(C)(C)C)C(=O)C(=O)N[C@@H](C)C1CC1. The van der Waals surface area contributed by atoms with Gasteiger partial charge in [-0.1, -0.05) is 54.4 Å². The van der Waals surface area contributed by atoms with Crippen molar-refractivity contribution in [3.8, 4) is 0 Å². The Hall–Kier alpha value is -3.90. The van der Waals surface area contributed by atoms with Crippen molar-refractivity contribution in [2.45, 2.75) is 124 Å². The predicted molar refractivity (Wildman–Crippen MR) is 178 cm³/mol. The van der Waals surface area contributed by atoms with Crippen LogP contribution in [0.4, 0.5) is 0 Å². The zero-order valence-corrected chi connectivity index (χ0v) is 29.4. The highest BCUT2D eigenvalue weighted by Gasteiger charge is 2.52. The average molecular weight is 668 g/mol. The summed E-state index contributed by atoms with van der Waals surface area (Å²) in [6.07, 6.45) is 9.60. The lowest BCUT2D eigenvalue weighted by Crippen LogP contribution is -2.62. The molecule has 3 fully saturated rings. The minimum absolute atomic E-state index is 0.0617. The summed E-state index contributed by atoms with van der Waals surface area (Å²) >= 11 is 0. The van der Waals surface area contributed by atoms with E-state index < -0.39 is 64.9 Å². The summed E-state index contributed by atoms with van der Waals surface area (Å²) in [6.45, 7) is 13.2. The Morgan fingerprint density at radius 1 is 0.938 bits per heavy atom. The number of aromatic nitrogens is 2. The Balaban J connectivity index is 1.52.